The standard InChI is InChI=1S/C12H13Cl2NO/c1-7(15-12(16)8-2-3-8)10-5-4-9(13)6-11(10)14/h4-8H,2-3H2,1H3,(H,15,16)/t7-/m1/s1. The van der Waals surface area contributed by atoms with Crippen molar-refractivity contribution in [2.24, 2.45) is 5.92 Å². The lowest BCUT2D eigenvalue weighted by atomic mass is 10.1. The third-order valence-electron chi connectivity index (χ3n) is 2.74. The predicted molar refractivity (Wildman–Crippen MR) is 65.7 cm³/mol. The van der Waals surface area contributed by atoms with Gasteiger partial charge in [-0.1, -0.05) is 29.3 Å². The van der Waals surface area contributed by atoms with Crippen molar-refractivity contribution in [3.8, 4) is 0 Å². The van der Waals surface area contributed by atoms with Gasteiger partial charge in [-0.25, -0.2) is 0 Å². The lowest BCUT2D eigenvalue weighted by Crippen LogP contribution is -2.28. The van der Waals surface area contributed by atoms with Crippen molar-refractivity contribution in [2.75, 3.05) is 0 Å². The minimum absolute atomic E-state index is 0.0714. The first-order valence-electron chi connectivity index (χ1n) is 5.33. The summed E-state index contributed by atoms with van der Waals surface area (Å²) in [6.07, 6.45) is 2.01. The molecule has 0 heterocycles. The van der Waals surface area contributed by atoms with Gasteiger partial charge in [0, 0.05) is 16.0 Å². The number of hydrogen-bond donors (Lipinski definition) is 1. The molecule has 1 aliphatic rings. The molecular weight excluding hydrogens is 245 g/mol. The molecule has 0 spiro atoms. The number of benzene rings is 1. The Morgan fingerprint density at radius 3 is 2.69 bits per heavy atom. The van der Waals surface area contributed by atoms with Crippen LogP contribution in [0, 0.1) is 5.92 Å². The molecule has 1 N–H and O–H groups in total. The summed E-state index contributed by atoms with van der Waals surface area (Å²) < 4.78 is 0. The molecule has 0 unspecified atom stereocenters. The van der Waals surface area contributed by atoms with Crippen LogP contribution in [-0.2, 0) is 4.79 Å². The molecule has 1 aromatic rings. The van der Waals surface area contributed by atoms with E-state index in [9.17, 15) is 4.79 Å². The highest BCUT2D eigenvalue weighted by Crippen LogP contribution is 2.31. The minimum Gasteiger partial charge on any atom is -0.349 e. The zero-order chi connectivity index (χ0) is 11.7. The molecule has 0 saturated heterocycles. The molecule has 1 aliphatic carbocycles. The molecule has 1 aromatic carbocycles. The maximum atomic E-state index is 11.6. The van der Waals surface area contributed by atoms with Crippen LogP contribution in [0.3, 0.4) is 0 Å². The fourth-order valence-electron chi connectivity index (χ4n) is 1.61. The van der Waals surface area contributed by atoms with E-state index in [0.29, 0.717) is 10.0 Å². The predicted octanol–water partition coefficient (Wildman–Crippen LogP) is 3.58. The van der Waals surface area contributed by atoms with Crippen LogP contribution in [0.5, 0.6) is 0 Å². The van der Waals surface area contributed by atoms with Crippen LogP contribution < -0.4 is 5.32 Å². The van der Waals surface area contributed by atoms with Gasteiger partial charge in [-0.15, -0.1) is 0 Å². The molecule has 2 rings (SSSR count). The van der Waals surface area contributed by atoms with Crippen molar-refractivity contribution in [3.05, 3.63) is 33.8 Å². The van der Waals surface area contributed by atoms with Crippen LogP contribution in [0.15, 0.2) is 18.2 Å². The van der Waals surface area contributed by atoms with Gasteiger partial charge < -0.3 is 5.32 Å². The summed E-state index contributed by atoms with van der Waals surface area (Å²) in [4.78, 5) is 11.6. The first-order chi connectivity index (χ1) is 7.58. The van der Waals surface area contributed by atoms with Gasteiger partial charge in [0.1, 0.15) is 0 Å². The molecule has 1 fully saturated rings. The van der Waals surface area contributed by atoms with E-state index in [1.807, 2.05) is 13.0 Å². The number of halogens is 2. The fourth-order valence-corrected chi connectivity index (χ4v) is 2.18. The van der Waals surface area contributed by atoms with Gasteiger partial charge in [-0.2, -0.15) is 0 Å². The van der Waals surface area contributed by atoms with Gasteiger partial charge in [-0.3, -0.25) is 4.79 Å². The first kappa shape index (κ1) is 11.7. The van der Waals surface area contributed by atoms with E-state index in [0.717, 1.165) is 18.4 Å². The van der Waals surface area contributed by atoms with Crippen LogP contribution in [0.25, 0.3) is 0 Å². The molecule has 4 heteroatoms. The Balaban J connectivity index is 2.07. The van der Waals surface area contributed by atoms with E-state index >= 15 is 0 Å². The molecule has 86 valence electrons. The zero-order valence-electron chi connectivity index (χ0n) is 8.97. The average molecular weight is 258 g/mol. The Bertz CT molecular complexity index is 415. The Morgan fingerprint density at radius 1 is 1.44 bits per heavy atom. The summed E-state index contributed by atoms with van der Waals surface area (Å²) in [6.45, 7) is 1.93. The van der Waals surface area contributed by atoms with Gasteiger partial charge in [-0.05, 0) is 37.5 Å². The molecule has 0 radical (unpaired) electrons. The van der Waals surface area contributed by atoms with Crippen molar-refractivity contribution in [3.63, 3.8) is 0 Å². The molecule has 0 bridgehead atoms. The van der Waals surface area contributed by atoms with E-state index in [1.54, 1.807) is 12.1 Å². The molecule has 1 atom stereocenters. The first-order valence-corrected chi connectivity index (χ1v) is 6.09. The highest BCUT2D eigenvalue weighted by molar-refractivity contribution is 6.35. The molecule has 1 saturated carbocycles. The maximum absolute atomic E-state index is 11.6. The number of hydrogen-bond acceptors (Lipinski definition) is 1. The number of amides is 1. The monoisotopic (exact) mass is 257 g/mol. The quantitative estimate of drug-likeness (QED) is 0.882. The smallest absolute Gasteiger partial charge is 0.223 e. The summed E-state index contributed by atoms with van der Waals surface area (Å²) in [6, 6.07) is 5.25. The van der Waals surface area contributed by atoms with Crippen molar-refractivity contribution in [2.45, 2.75) is 25.8 Å². The Hall–Kier alpha value is -0.730. The normalized spacial score (nSPS) is 16.9. The number of nitrogens with one attached hydrogen (secondary N) is 1. The molecule has 0 aromatic heterocycles. The van der Waals surface area contributed by atoms with Crippen molar-refractivity contribution < 1.29 is 4.79 Å². The molecular formula is C12H13Cl2NO. The van der Waals surface area contributed by atoms with Crippen molar-refractivity contribution >= 4 is 29.1 Å². The molecule has 16 heavy (non-hydrogen) atoms. The third-order valence-corrected chi connectivity index (χ3v) is 3.30. The van der Waals surface area contributed by atoms with Crippen LogP contribution in [0.2, 0.25) is 10.0 Å². The highest BCUT2D eigenvalue weighted by atomic mass is 35.5. The third kappa shape index (κ3) is 2.69. The summed E-state index contributed by atoms with van der Waals surface area (Å²) in [5.74, 6) is 0.340. The Morgan fingerprint density at radius 2 is 2.12 bits per heavy atom. The van der Waals surface area contributed by atoms with E-state index in [-0.39, 0.29) is 17.9 Å². The lowest BCUT2D eigenvalue weighted by molar-refractivity contribution is -0.122. The Labute approximate surface area is 105 Å². The zero-order valence-corrected chi connectivity index (χ0v) is 10.5. The molecule has 2 nitrogen and oxygen atoms in total. The fraction of sp³-hybridized carbons (Fsp3) is 0.417. The second-order valence-electron chi connectivity index (χ2n) is 4.17. The van der Waals surface area contributed by atoms with Gasteiger partial charge in [0.2, 0.25) is 5.91 Å². The number of carbonyl (C=O) groups excluding carboxylic acids is 1. The summed E-state index contributed by atoms with van der Waals surface area (Å²) >= 11 is 11.9. The van der Waals surface area contributed by atoms with Crippen LogP contribution in [-0.4, -0.2) is 5.91 Å². The van der Waals surface area contributed by atoms with E-state index < -0.39 is 0 Å². The van der Waals surface area contributed by atoms with Crippen molar-refractivity contribution in [1.82, 2.24) is 5.32 Å². The van der Waals surface area contributed by atoms with Crippen LogP contribution in [0.4, 0.5) is 0 Å². The second-order valence-corrected chi connectivity index (χ2v) is 5.01. The number of carbonyl (C=O) groups is 1. The van der Waals surface area contributed by atoms with E-state index in [4.69, 9.17) is 23.2 Å². The van der Waals surface area contributed by atoms with E-state index in [2.05, 4.69) is 5.32 Å². The second kappa shape index (κ2) is 4.64. The van der Waals surface area contributed by atoms with Crippen LogP contribution in [0.1, 0.15) is 31.4 Å². The lowest BCUT2D eigenvalue weighted by Gasteiger charge is -2.15. The highest BCUT2D eigenvalue weighted by Gasteiger charge is 2.30. The maximum Gasteiger partial charge on any atom is 0.223 e. The minimum atomic E-state index is -0.0714. The van der Waals surface area contributed by atoms with E-state index in [1.165, 1.54) is 0 Å². The molecule has 0 aliphatic heterocycles. The largest absolute Gasteiger partial charge is 0.349 e. The average Bonchev–Trinajstić information content (AvgIpc) is 2.99. The summed E-state index contributed by atoms with van der Waals surface area (Å²) in [5, 5.41) is 4.15. The summed E-state index contributed by atoms with van der Waals surface area (Å²) in [5.41, 5.74) is 0.903. The summed E-state index contributed by atoms with van der Waals surface area (Å²) in [7, 11) is 0. The van der Waals surface area contributed by atoms with Crippen molar-refractivity contribution in [1.29, 1.82) is 0 Å². The topological polar surface area (TPSA) is 29.1 Å². The number of rotatable bonds is 3. The molecule has 1 amide bonds. The van der Waals surface area contributed by atoms with Crippen LogP contribution >= 0.6 is 23.2 Å². The van der Waals surface area contributed by atoms with Gasteiger partial charge in [0.15, 0.2) is 0 Å². The SMILES string of the molecule is C[C@@H](NC(=O)C1CC1)c1ccc(Cl)cc1Cl. The van der Waals surface area contributed by atoms with Gasteiger partial charge in [0.25, 0.3) is 0 Å². The Kier molecular flexibility index (Phi) is 3.41. The van der Waals surface area contributed by atoms with Gasteiger partial charge >= 0.3 is 0 Å². The van der Waals surface area contributed by atoms with Gasteiger partial charge in [0.05, 0.1) is 6.04 Å².